The van der Waals surface area contributed by atoms with Gasteiger partial charge in [0.2, 0.25) is 0 Å². The Kier molecular flexibility index (Phi) is 7.13. The fourth-order valence-electron chi connectivity index (χ4n) is 3.00. The van der Waals surface area contributed by atoms with Crippen molar-refractivity contribution in [3.63, 3.8) is 0 Å². The maximum atomic E-state index is 13.7. The molecule has 1 aliphatic heterocycles. The summed E-state index contributed by atoms with van der Waals surface area (Å²) in [5, 5.41) is 2.92. The highest BCUT2D eigenvalue weighted by Crippen LogP contribution is 2.13. The number of halogens is 2. The first-order valence-corrected chi connectivity index (χ1v) is 8.63. The number of nitrogens with zero attached hydrogens (tertiary/aromatic N) is 2. The summed E-state index contributed by atoms with van der Waals surface area (Å²) in [6.45, 7) is 7.99. The molecule has 1 fully saturated rings. The van der Waals surface area contributed by atoms with Gasteiger partial charge in [0.1, 0.15) is 11.6 Å². The van der Waals surface area contributed by atoms with Crippen LogP contribution in [0.1, 0.15) is 19.4 Å². The number of hydrogen-bond donors (Lipinski definition) is 1. The summed E-state index contributed by atoms with van der Waals surface area (Å²) in [6.07, 6.45) is 0. The van der Waals surface area contributed by atoms with Gasteiger partial charge in [0.15, 0.2) is 0 Å². The first kappa shape index (κ1) is 19.6. The number of carbonyl (C=O) groups excluding carboxylic acids is 1. The highest BCUT2D eigenvalue weighted by molar-refractivity contribution is 5.73. The van der Waals surface area contributed by atoms with Crippen molar-refractivity contribution >= 4 is 6.03 Å². The van der Waals surface area contributed by atoms with Crippen LogP contribution in [0.25, 0.3) is 0 Å². The number of carbonyl (C=O) groups is 1. The van der Waals surface area contributed by atoms with E-state index in [9.17, 15) is 13.6 Å². The zero-order valence-corrected chi connectivity index (χ0v) is 15.1. The van der Waals surface area contributed by atoms with E-state index in [1.807, 2.05) is 0 Å². The van der Waals surface area contributed by atoms with Gasteiger partial charge in [-0.2, -0.15) is 0 Å². The monoisotopic (exact) mass is 355 g/mol. The molecule has 1 saturated heterocycles. The van der Waals surface area contributed by atoms with Crippen LogP contribution in [0.3, 0.4) is 0 Å². The third kappa shape index (κ3) is 5.64. The highest BCUT2D eigenvalue weighted by Gasteiger charge is 2.24. The van der Waals surface area contributed by atoms with E-state index in [1.165, 1.54) is 17.0 Å². The molecule has 1 aromatic rings. The average Bonchev–Trinajstić information content (AvgIpc) is 2.58. The number of rotatable bonds is 6. The maximum Gasteiger partial charge on any atom is 0.317 e. The van der Waals surface area contributed by atoms with E-state index >= 15 is 0 Å². The molecule has 7 heteroatoms. The third-order valence-corrected chi connectivity index (χ3v) is 4.52. The lowest BCUT2D eigenvalue weighted by Crippen LogP contribution is -2.52. The topological polar surface area (TPSA) is 44.8 Å². The van der Waals surface area contributed by atoms with Crippen LogP contribution in [0.4, 0.5) is 13.6 Å². The van der Waals surface area contributed by atoms with Crippen molar-refractivity contribution in [1.29, 1.82) is 0 Å². The van der Waals surface area contributed by atoms with Crippen LogP contribution in [0.5, 0.6) is 0 Å². The zero-order valence-electron chi connectivity index (χ0n) is 15.1. The van der Waals surface area contributed by atoms with Crippen LogP contribution in [0.2, 0.25) is 0 Å². The van der Waals surface area contributed by atoms with Crippen molar-refractivity contribution < 1.29 is 18.3 Å². The lowest BCUT2D eigenvalue weighted by molar-refractivity contribution is 0.00697. The van der Waals surface area contributed by atoms with Crippen LogP contribution in [0.15, 0.2) is 18.2 Å². The number of amides is 2. The molecule has 1 heterocycles. The summed E-state index contributed by atoms with van der Waals surface area (Å²) >= 11 is 0. The Balaban J connectivity index is 1.88. The quantitative estimate of drug-likeness (QED) is 0.853. The van der Waals surface area contributed by atoms with Gasteiger partial charge < -0.3 is 15.0 Å². The minimum absolute atomic E-state index is 0.0852. The molecule has 1 unspecified atom stereocenters. The van der Waals surface area contributed by atoms with E-state index in [4.69, 9.17) is 4.74 Å². The molecule has 2 amide bonds. The van der Waals surface area contributed by atoms with Gasteiger partial charge in [0, 0.05) is 50.9 Å². The summed E-state index contributed by atoms with van der Waals surface area (Å²) in [5.41, 5.74) is 0.285. The Hall–Kier alpha value is -1.73. The van der Waals surface area contributed by atoms with Gasteiger partial charge in [0.05, 0.1) is 13.2 Å². The Morgan fingerprint density at radius 3 is 2.60 bits per heavy atom. The number of benzene rings is 1. The van der Waals surface area contributed by atoms with Gasteiger partial charge in [-0.15, -0.1) is 0 Å². The van der Waals surface area contributed by atoms with Gasteiger partial charge in [-0.25, -0.2) is 13.6 Å². The molecular formula is C18H27F2N3O2. The normalized spacial score (nSPS) is 16.7. The molecule has 0 bridgehead atoms. The first-order valence-electron chi connectivity index (χ1n) is 8.63. The van der Waals surface area contributed by atoms with Crippen molar-refractivity contribution in [2.75, 3.05) is 39.9 Å². The molecule has 1 aromatic carbocycles. The first-order chi connectivity index (χ1) is 11.9. The van der Waals surface area contributed by atoms with Gasteiger partial charge in [-0.1, -0.05) is 19.9 Å². The smallest absolute Gasteiger partial charge is 0.317 e. The van der Waals surface area contributed by atoms with Crippen molar-refractivity contribution in [1.82, 2.24) is 15.1 Å². The number of ether oxygens (including phenoxy) is 1. The van der Waals surface area contributed by atoms with Crippen molar-refractivity contribution in [2.45, 2.75) is 26.4 Å². The van der Waals surface area contributed by atoms with Crippen molar-refractivity contribution in [3.05, 3.63) is 35.4 Å². The van der Waals surface area contributed by atoms with E-state index < -0.39 is 11.6 Å². The predicted molar refractivity (Wildman–Crippen MR) is 92.2 cm³/mol. The molecular weight excluding hydrogens is 328 g/mol. The predicted octanol–water partition coefficient (Wildman–Crippen LogP) is 2.46. The van der Waals surface area contributed by atoms with E-state index in [1.54, 1.807) is 7.05 Å². The van der Waals surface area contributed by atoms with Crippen LogP contribution in [-0.2, 0) is 11.3 Å². The third-order valence-electron chi connectivity index (χ3n) is 4.52. The average molecular weight is 355 g/mol. The molecule has 1 N–H and O–H groups in total. The molecule has 25 heavy (non-hydrogen) atoms. The van der Waals surface area contributed by atoms with E-state index in [-0.39, 0.29) is 24.2 Å². The van der Waals surface area contributed by atoms with E-state index in [0.717, 1.165) is 19.2 Å². The largest absolute Gasteiger partial charge is 0.379 e. The van der Waals surface area contributed by atoms with Gasteiger partial charge in [-0.05, 0) is 12.0 Å². The SMILES string of the molecule is CC(C)C(CNC(=O)N(C)Cc1ccc(F)cc1F)N1CCOCC1. The van der Waals surface area contributed by atoms with E-state index in [0.29, 0.717) is 25.7 Å². The molecule has 1 atom stereocenters. The zero-order chi connectivity index (χ0) is 18.4. The number of urea groups is 1. The lowest BCUT2D eigenvalue weighted by atomic mass is 10.0. The minimum atomic E-state index is -0.645. The second-order valence-electron chi connectivity index (χ2n) is 6.74. The van der Waals surface area contributed by atoms with Gasteiger partial charge in [-0.3, -0.25) is 4.90 Å². The standard InChI is InChI=1S/C18H27F2N3O2/c1-13(2)17(23-6-8-25-9-7-23)11-21-18(24)22(3)12-14-4-5-15(19)10-16(14)20/h4-5,10,13,17H,6-9,11-12H2,1-3H3,(H,21,24). The Bertz CT molecular complexity index is 577. The Morgan fingerprint density at radius 1 is 1.32 bits per heavy atom. The second-order valence-corrected chi connectivity index (χ2v) is 6.74. The van der Waals surface area contributed by atoms with Crippen LogP contribution in [0, 0.1) is 17.6 Å². The summed E-state index contributed by atoms with van der Waals surface area (Å²) in [5.74, 6) is -0.884. The summed E-state index contributed by atoms with van der Waals surface area (Å²) in [7, 11) is 1.59. The molecule has 140 valence electrons. The van der Waals surface area contributed by atoms with Crippen LogP contribution < -0.4 is 5.32 Å². The molecule has 1 aliphatic rings. The van der Waals surface area contributed by atoms with Gasteiger partial charge in [0.25, 0.3) is 0 Å². The minimum Gasteiger partial charge on any atom is -0.379 e. The summed E-state index contributed by atoms with van der Waals surface area (Å²) in [4.78, 5) is 16.0. The molecule has 0 aliphatic carbocycles. The van der Waals surface area contributed by atoms with Crippen molar-refractivity contribution in [2.24, 2.45) is 5.92 Å². The van der Waals surface area contributed by atoms with Crippen molar-refractivity contribution in [3.8, 4) is 0 Å². The maximum absolute atomic E-state index is 13.7. The number of nitrogens with one attached hydrogen (secondary N) is 1. The fourth-order valence-corrected chi connectivity index (χ4v) is 3.00. The van der Waals surface area contributed by atoms with Gasteiger partial charge >= 0.3 is 6.03 Å². The second kappa shape index (κ2) is 9.10. The Morgan fingerprint density at radius 2 is 2.00 bits per heavy atom. The number of hydrogen-bond acceptors (Lipinski definition) is 3. The molecule has 0 spiro atoms. The van der Waals surface area contributed by atoms with Crippen LogP contribution in [-0.4, -0.2) is 61.8 Å². The highest BCUT2D eigenvalue weighted by atomic mass is 19.1. The number of morpholine rings is 1. The Labute approximate surface area is 147 Å². The summed E-state index contributed by atoms with van der Waals surface area (Å²) in [6, 6.07) is 3.33. The summed E-state index contributed by atoms with van der Waals surface area (Å²) < 4.78 is 32.1. The van der Waals surface area contributed by atoms with E-state index in [2.05, 4.69) is 24.1 Å². The molecule has 0 aromatic heterocycles. The molecule has 5 nitrogen and oxygen atoms in total. The molecule has 0 saturated carbocycles. The van der Waals surface area contributed by atoms with Crippen LogP contribution >= 0.6 is 0 Å². The molecule has 2 rings (SSSR count). The lowest BCUT2D eigenvalue weighted by Gasteiger charge is -2.37. The molecule has 0 radical (unpaired) electrons. The fraction of sp³-hybridized carbons (Fsp3) is 0.611.